The van der Waals surface area contributed by atoms with Crippen LogP contribution in [-0.2, 0) is 4.52 Å². The zero-order valence-corrected chi connectivity index (χ0v) is 6.37. The predicted molar refractivity (Wildman–Crippen MR) is 35.8 cm³/mol. The van der Waals surface area contributed by atoms with E-state index in [4.69, 9.17) is 14.7 Å². The molecule has 9 heavy (non-hydrogen) atoms. The average molecular weight is 156 g/mol. The second kappa shape index (κ2) is 4.14. The summed E-state index contributed by atoms with van der Waals surface area (Å²) in [6.07, 6.45) is 1.64. The number of unbranched alkanes of at least 4 members (excludes halogenated alkanes) is 1. The maximum absolute atomic E-state index is 8.27. The van der Waals surface area contributed by atoms with Crippen molar-refractivity contribution in [3.63, 3.8) is 0 Å². The number of rotatable bonds is 4. The van der Waals surface area contributed by atoms with E-state index < -0.39 is 8.17 Å². The molecule has 0 rings (SSSR count). The van der Waals surface area contributed by atoms with Gasteiger partial charge in [0, 0.05) is 0 Å². The molecule has 3 N–H and O–H groups in total. The van der Waals surface area contributed by atoms with Gasteiger partial charge in [-0.25, -0.2) is 0 Å². The summed E-state index contributed by atoms with van der Waals surface area (Å²) in [5.74, 6) is 0. The molecule has 58 valence electrons. The van der Waals surface area contributed by atoms with Gasteiger partial charge in [-0.05, 0) is 0 Å². The van der Waals surface area contributed by atoms with E-state index in [2.05, 4.69) is 4.52 Å². The molecule has 5 heteroatoms. The summed E-state index contributed by atoms with van der Waals surface area (Å²) in [5, 5.41) is 0. The van der Waals surface area contributed by atoms with Gasteiger partial charge >= 0.3 is 53.7 Å². The van der Waals surface area contributed by atoms with Gasteiger partial charge in [0.2, 0.25) is 0 Å². The van der Waals surface area contributed by atoms with Gasteiger partial charge in [-0.3, -0.25) is 0 Å². The second-order valence-corrected chi connectivity index (χ2v) is 3.21. The Labute approximate surface area is 54.8 Å². The van der Waals surface area contributed by atoms with Crippen LogP contribution in [0.5, 0.6) is 0 Å². The van der Waals surface area contributed by atoms with Gasteiger partial charge in [-0.15, -0.1) is 0 Å². The SMILES string of the molecule is CCCCO[PH](O)(O)O. The van der Waals surface area contributed by atoms with Crippen LogP contribution in [-0.4, -0.2) is 21.3 Å². The zero-order valence-electron chi connectivity index (χ0n) is 5.37. The van der Waals surface area contributed by atoms with Crippen molar-refractivity contribution in [2.75, 3.05) is 6.61 Å². The van der Waals surface area contributed by atoms with Crippen LogP contribution in [0, 0.1) is 0 Å². The Hall–Kier alpha value is 0.270. The fraction of sp³-hybridized carbons (Fsp3) is 1.00. The molecular formula is C4H13O4P. The second-order valence-electron chi connectivity index (χ2n) is 1.78. The van der Waals surface area contributed by atoms with E-state index in [0.717, 1.165) is 12.8 Å². The summed E-state index contributed by atoms with van der Waals surface area (Å²) < 4.78 is 4.28. The molecule has 0 atom stereocenters. The first-order valence-electron chi connectivity index (χ1n) is 2.87. The minimum absolute atomic E-state index is 0.215. The molecule has 0 aromatic rings. The molecule has 0 aromatic heterocycles. The molecule has 0 spiro atoms. The normalized spacial score (nSPS) is 13.8. The molecule has 0 saturated carbocycles. The Morgan fingerprint density at radius 3 is 2.22 bits per heavy atom. The molecule has 0 heterocycles. The van der Waals surface area contributed by atoms with Crippen LogP contribution in [0.25, 0.3) is 0 Å². The van der Waals surface area contributed by atoms with Gasteiger partial charge in [0.15, 0.2) is 0 Å². The van der Waals surface area contributed by atoms with Crippen molar-refractivity contribution in [1.82, 2.24) is 0 Å². The molecule has 0 aliphatic carbocycles. The van der Waals surface area contributed by atoms with E-state index in [1.165, 1.54) is 0 Å². The third kappa shape index (κ3) is 8.27. The Morgan fingerprint density at radius 2 is 1.89 bits per heavy atom. The fourth-order valence-electron chi connectivity index (χ4n) is 0.353. The molecule has 0 saturated heterocycles. The maximum atomic E-state index is 8.27. The van der Waals surface area contributed by atoms with Gasteiger partial charge in [0.25, 0.3) is 0 Å². The van der Waals surface area contributed by atoms with Gasteiger partial charge in [0.1, 0.15) is 0 Å². The average Bonchev–Trinajstić information content (AvgIpc) is 1.63. The topological polar surface area (TPSA) is 69.9 Å². The fourth-order valence-corrected chi connectivity index (χ4v) is 0.772. The summed E-state index contributed by atoms with van der Waals surface area (Å²) >= 11 is 0. The van der Waals surface area contributed by atoms with E-state index in [9.17, 15) is 0 Å². The van der Waals surface area contributed by atoms with Crippen LogP contribution in [0.15, 0.2) is 0 Å². The standard InChI is InChI=1S/C4H13O4P/c1-2-3-4-8-9(5,6)7/h5-7,9H,2-4H2,1H3. The van der Waals surface area contributed by atoms with Crippen LogP contribution in [0.2, 0.25) is 0 Å². The first-order chi connectivity index (χ1) is 4.06. The van der Waals surface area contributed by atoms with Crippen molar-refractivity contribution in [1.29, 1.82) is 0 Å². The van der Waals surface area contributed by atoms with Crippen LogP contribution in [0.1, 0.15) is 19.8 Å². The van der Waals surface area contributed by atoms with Gasteiger partial charge in [-0.1, -0.05) is 0 Å². The summed E-state index contributed by atoms with van der Waals surface area (Å²) in [6.45, 7) is 2.16. The Kier molecular flexibility index (Phi) is 4.27. The molecule has 0 radical (unpaired) electrons. The van der Waals surface area contributed by atoms with E-state index in [0.29, 0.717) is 0 Å². The predicted octanol–water partition coefficient (Wildman–Crippen LogP) is 0.190. The molecule has 0 bridgehead atoms. The van der Waals surface area contributed by atoms with Crippen LogP contribution in [0.3, 0.4) is 0 Å². The first kappa shape index (κ1) is 9.27. The molecule has 0 amide bonds. The molecule has 0 aliphatic rings. The number of hydrogen-bond acceptors (Lipinski definition) is 4. The monoisotopic (exact) mass is 156 g/mol. The van der Waals surface area contributed by atoms with Crippen molar-refractivity contribution in [2.24, 2.45) is 0 Å². The third-order valence-electron chi connectivity index (χ3n) is 0.794. The van der Waals surface area contributed by atoms with Gasteiger partial charge in [-0.2, -0.15) is 0 Å². The summed E-state index contributed by atoms with van der Waals surface area (Å²) in [6, 6.07) is 0. The van der Waals surface area contributed by atoms with Gasteiger partial charge in [0.05, 0.1) is 0 Å². The molecule has 0 aromatic carbocycles. The van der Waals surface area contributed by atoms with Crippen LogP contribution >= 0.6 is 8.17 Å². The minimum atomic E-state index is -4.19. The molecule has 4 nitrogen and oxygen atoms in total. The van der Waals surface area contributed by atoms with E-state index in [1.54, 1.807) is 0 Å². The Balaban J connectivity index is 3.07. The first-order valence-corrected chi connectivity index (χ1v) is 4.62. The summed E-state index contributed by atoms with van der Waals surface area (Å²) in [7, 11) is -4.19. The van der Waals surface area contributed by atoms with E-state index in [1.807, 2.05) is 6.92 Å². The van der Waals surface area contributed by atoms with Crippen molar-refractivity contribution in [3.8, 4) is 0 Å². The molecule has 0 aliphatic heterocycles. The van der Waals surface area contributed by atoms with Crippen LogP contribution in [0.4, 0.5) is 0 Å². The Bertz CT molecular complexity index is 69.5. The van der Waals surface area contributed by atoms with Crippen LogP contribution < -0.4 is 0 Å². The summed E-state index contributed by atoms with van der Waals surface area (Å²) in [5.41, 5.74) is 0. The van der Waals surface area contributed by atoms with E-state index >= 15 is 0 Å². The quantitative estimate of drug-likeness (QED) is 0.401. The van der Waals surface area contributed by atoms with Crippen molar-refractivity contribution in [2.45, 2.75) is 19.8 Å². The number of hydrogen-bond donors (Lipinski definition) is 3. The molecule has 0 fully saturated rings. The summed E-state index contributed by atoms with van der Waals surface area (Å²) in [4.78, 5) is 24.8. The van der Waals surface area contributed by atoms with Gasteiger partial charge < -0.3 is 0 Å². The molecule has 0 unspecified atom stereocenters. The van der Waals surface area contributed by atoms with Crippen molar-refractivity contribution < 1.29 is 19.2 Å². The van der Waals surface area contributed by atoms with E-state index in [-0.39, 0.29) is 6.61 Å². The Morgan fingerprint density at radius 1 is 1.33 bits per heavy atom. The van der Waals surface area contributed by atoms with Crippen molar-refractivity contribution in [3.05, 3.63) is 0 Å². The van der Waals surface area contributed by atoms with Crippen molar-refractivity contribution >= 4 is 8.17 Å². The zero-order chi connectivity index (χ0) is 7.33. The molecular weight excluding hydrogens is 143 g/mol. The third-order valence-corrected chi connectivity index (χ3v) is 1.39.